The van der Waals surface area contributed by atoms with E-state index in [-0.39, 0.29) is 18.4 Å². The average Bonchev–Trinajstić information content (AvgIpc) is 2.57. The number of amides is 1. The molecule has 1 unspecified atom stereocenters. The Morgan fingerprint density at radius 3 is 2.00 bits per heavy atom. The number of carbonyl (C=O) groups excluding carboxylic acids is 1. The zero-order valence-corrected chi connectivity index (χ0v) is 12.6. The van der Waals surface area contributed by atoms with Crippen molar-refractivity contribution in [2.75, 3.05) is 6.61 Å². The van der Waals surface area contributed by atoms with Gasteiger partial charge in [0.05, 0.1) is 5.71 Å². The molecule has 0 saturated heterocycles. The van der Waals surface area contributed by atoms with Gasteiger partial charge in [-0.05, 0) is 6.42 Å². The number of hydrogen-bond acceptors (Lipinski definition) is 3. The summed E-state index contributed by atoms with van der Waals surface area (Å²) in [6, 6.07) is 19.4. The molecule has 2 rings (SSSR count). The lowest BCUT2D eigenvalue weighted by Crippen LogP contribution is -2.27. The van der Waals surface area contributed by atoms with Crippen LogP contribution in [0.25, 0.3) is 0 Å². The van der Waals surface area contributed by atoms with E-state index < -0.39 is 0 Å². The Morgan fingerprint density at radius 2 is 1.55 bits per heavy atom. The lowest BCUT2D eigenvalue weighted by molar-refractivity contribution is -0.124. The maximum absolute atomic E-state index is 12.0. The van der Waals surface area contributed by atoms with Crippen LogP contribution in [0.4, 0.5) is 0 Å². The van der Waals surface area contributed by atoms with Gasteiger partial charge in [-0.2, -0.15) is 5.10 Å². The molecule has 0 aliphatic carbocycles. The molecule has 0 saturated carbocycles. The van der Waals surface area contributed by atoms with Crippen LogP contribution in [0, 0.1) is 5.92 Å². The molecule has 2 aromatic rings. The molecule has 2 aromatic carbocycles. The fraction of sp³-hybridized carbons (Fsp3) is 0.222. The summed E-state index contributed by atoms with van der Waals surface area (Å²) in [7, 11) is 0. The summed E-state index contributed by atoms with van der Waals surface area (Å²) in [5.41, 5.74) is 5.18. The number of hydrogen-bond donors (Lipinski definition) is 2. The van der Waals surface area contributed by atoms with Crippen molar-refractivity contribution in [3.8, 4) is 0 Å². The van der Waals surface area contributed by atoms with Crippen molar-refractivity contribution >= 4 is 11.6 Å². The van der Waals surface area contributed by atoms with Crippen LogP contribution in [-0.2, 0) is 4.79 Å². The third kappa shape index (κ3) is 4.27. The predicted molar refractivity (Wildman–Crippen MR) is 87.5 cm³/mol. The van der Waals surface area contributed by atoms with Crippen LogP contribution in [0.1, 0.15) is 24.5 Å². The first-order chi connectivity index (χ1) is 10.7. The smallest absolute Gasteiger partial charge is 0.242 e. The highest BCUT2D eigenvalue weighted by Gasteiger charge is 2.12. The van der Waals surface area contributed by atoms with Gasteiger partial charge in [-0.1, -0.05) is 67.6 Å². The number of hydrazone groups is 1. The van der Waals surface area contributed by atoms with Gasteiger partial charge in [0.25, 0.3) is 0 Å². The van der Waals surface area contributed by atoms with Crippen molar-refractivity contribution < 1.29 is 9.90 Å². The Morgan fingerprint density at radius 1 is 1.05 bits per heavy atom. The van der Waals surface area contributed by atoms with E-state index in [2.05, 4.69) is 10.5 Å². The van der Waals surface area contributed by atoms with Crippen molar-refractivity contribution in [1.29, 1.82) is 0 Å². The fourth-order valence-corrected chi connectivity index (χ4v) is 2.03. The van der Waals surface area contributed by atoms with Crippen LogP contribution < -0.4 is 5.43 Å². The highest BCUT2D eigenvalue weighted by molar-refractivity contribution is 6.13. The molecule has 0 fully saturated rings. The lowest BCUT2D eigenvalue weighted by Gasteiger charge is -2.10. The van der Waals surface area contributed by atoms with Crippen molar-refractivity contribution in [3.05, 3.63) is 71.8 Å². The van der Waals surface area contributed by atoms with Gasteiger partial charge in [-0.3, -0.25) is 4.79 Å². The maximum Gasteiger partial charge on any atom is 0.242 e. The standard InChI is InChI=1S/C18H20N2O2/c1-14(12-13-21)18(22)20-19-17(15-8-4-2-5-9-15)16-10-6-3-7-11-16/h2-11,14,21H,12-13H2,1H3,(H,20,22). The number of carbonyl (C=O) groups is 1. The van der Waals surface area contributed by atoms with Crippen LogP contribution in [0.2, 0.25) is 0 Å². The quantitative estimate of drug-likeness (QED) is 0.636. The second kappa shape index (κ2) is 8.10. The van der Waals surface area contributed by atoms with E-state index in [9.17, 15) is 4.79 Å². The third-order valence-electron chi connectivity index (χ3n) is 3.38. The Kier molecular flexibility index (Phi) is 5.86. The zero-order valence-electron chi connectivity index (χ0n) is 12.6. The molecular formula is C18H20N2O2. The maximum atomic E-state index is 12.0. The van der Waals surface area contributed by atoms with E-state index in [1.807, 2.05) is 60.7 Å². The van der Waals surface area contributed by atoms with Gasteiger partial charge < -0.3 is 5.11 Å². The minimum atomic E-state index is -0.276. The summed E-state index contributed by atoms with van der Waals surface area (Å²) >= 11 is 0. The Hall–Kier alpha value is -2.46. The average molecular weight is 296 g/mol. The third-order valence-corrected chi connectivity index (χ3v) is 3.38. The highest BCUT2D eigenvalue weighted by atomic mass is 16.3. The molecule has 0 radical (unpaired) electrons. The highest BCUT2D eigenvalue weighted by Crippen LogP contribution is 2.10. The molecule has 4 heteroatoms. The number of aliphatic hydroxyl groups is 1. The van der Waals surface area contributed by atoms with Gasteiger partial charge >= 0.3 is 0 Å². The first-order valence-corrected chi connectivity index (χ1v) is 7.31. The van der Waals surface area contributed by atoms with E-state index in [4.69, 9.17) is 5.11 Å². The molecule has 4 nitrogen and oxygen atoms in total. The normalized spacial score (nSPS) is 11.5. The number of nitrogens with zero attached hydrogens (tertiary/aromatic N) is 1. The molecule has 1 atom stereocenters. The van der Waals surface area contributed by atoms with E-state index in [1.54, 1.807) is 6.92 Å². The van der Waals surface area contributed by atoms with Gasteiger partial charge in [0.1, 0.15) is 0 Å². The number of rotatable bonds is 6. The van der Waals surface area contributed by atoms with E-state index in [0.717, 1.165) is 11.1 Å². The van der Waals surface area contributed by atoms with Gasteiger partial charge in [-0.25, -0.2) is 5.43 Å². The summed E-state index contributed by atoms with van der Waals surface area (Å²) < 4.78 is 0. The minimum absolute atomic E-state index is 0.0114. The Balaban J connectivity index is 2.26. The molecule has 0 aliphatic rings. The first-order valence-electron chi connectivity index (χ1n) is 7.31. The van der Waals surface area contributed by atoms with Gasteiger partial charge in [0.15, 0.2) is 0 Å². The monoisotopic (exact) mass is 296 g/mol. The molecule has 0 aliphatic heterocycles. The van der Waals surface area contributed by atoms with Crippen LogP contribution in [0.15, 0.2) is 65.8 Å². The molecule has 114 valence electrons. The molecule has 22 heavy (non-hydrogen) atoms. The van der Waals surface area contributed by atoms with E-state index in [0.29, 0.717) is 12.1 Å². The molecular weight excluding hydrogens is 276 g/mol. The lowest BCUT2D eigenvalue weighted by atomic mass is 10.0. The second-order valence-electron chi connectivity index (χ2n) is 5.08. The van der Waals surface area contributed by atoms with Crippen molar-refractivity contribution in [2.24, 2.45) is 11.0 Å². The van der Waals surface area contributed by atoms with Crippen LogP contribution in [0.5, 0.6) is 0 Å². The molecule has 0 bridgehead atoms. The Bertz CT molecular complexity index is 583. The topological polar surface area (TPSA) is 61.7 Å². The summed E-state index contributed by atoms with van der Waals surface area (Å²) in [6.45, 7) is 1.76. The van der Waals surface area contributed by atoms with E-state index in [1.165, 1.54) is 0 Å². The van der Waals surface area contributed by atoms with Crippen LogP contribution in [0.3, 0.4) is 0 Å². The largest absolute Gasteiger partial charge is 0.396 e. The van der Waals surface area contributed by atoms with Crippen LogP contribution in [-0.4, -0.2) is 23.3 Å². The summed E-state index contributed by atoms with van der Waals surface area (Å²) in [5.74, 6) is -0.472. The number of nitrogens with one attached hydrogen (secondary N) is 1. The summed E-state index contributed by atoms with van der Waals surface area (Å²) in [4.78, 5) is 12.0. The Labute approximate surface area is 130 Å². The van der Waals surface area contributed by atoms with Crippen molar-refractivity contribution in [2.45, 2.75) is 13.3 Å². The van der Waals surface area contributed by atoms with E-state index >= 15 is 0 Å². The number of benzene rings is 2. The molecule has 0 heterocycles. The minimum Gasteiger partial charge on any atom is -0.396 e. The van der Waals surface area contributed by atoms with Crippen molar-refractivity contribution in [1.82, 2.24) is 5.43 Å². The van der Waals surface area contributed by atoms with Gasteiger partial charge in [0, 0.05) is 23.7 Å². The SMILES string of the molecule is CC(CCO)C(=O)NN=C(c1ccccc1)c1ccccc1. The predicted octanol–water partition coefficient (Wildman–Crippen LogP) is 2.57. The van der Waals surface area contributed by atoms with Crippen molar-refractivity contribution in [3.63, 3.8) is 0 Å². The molecule has 2 N–H and O–H groups in total. The molecule has 1 amide bonds. The zero-order chi connectivity index (χ0) is 15.8. The van der Waals surface area contributed by atoms with Crippen LogP contribution >= 0.6 is 0 Å². The molecule has 0 aromatic heterocycles. The number of aliphatic hydroxyl groups excluding tert-OH is 1. The molecule has 0 spiro atoms. The summed E-state index contributed by atoms with van der Waals surface area (Å²) in [6.07, 6.45) is 0.424. The first kappa shape index (κ1) is 15.9. The van der Waals surface area contributed by atoms with Gasteiger partial charge in [-0.15, -0.1) is 0 Å². The fourth-order valence-electron chi connectivity index (χ4n) is 2.03. The summed E-state index contributed by atoms with van der Waals surface area (Å²) in [5, 5.41) is 13.2. The second-order valence-corrected chi connectivity index (χ2v) is 5.08. The van der Waals surface area contributed by atoms with Gasteiger partial charge in [0.2, 0.25) is 5.91 Å².